The van der Waals surface area contributed by atoms with Crippen molar-refractivity contribution in [3.05, 3.63) is 29.8 Å². The highest BCUT2D eigenvalue weighted by Crippen LogP contribution is 2.14. The fraction of sp³-hybridized carbons (Fsp3) is 0.444. The van der Waals surface area contributed by atoms with Crippen molar-refractivity contribution in [2.45, 2.75) is 39.7 Å². The van der Waals surface area contributed by atoms with Gasteiger partial charge in [0.1, 0.15) is 5.75 Å². The van der Waals surface area contributed by atoms with Crippen LogP contribution in [0.3, 0.4) is 0 Å². The van der Waals surface area contributed by atoms with Gasteiger partial charge in [-0.3, -0.25) is 19.7 Å². The van der Waals surface area contributed by atoms with Gasteiger partial charge in [0.05, 0.1) is 13.0 Å². The number of carbonyl (C=O) groups excluding carboxylic acids is 4. The lowest BCUT2D eigenvalue weighted by molar-refractivity contribution is -0.154. The van der Waals surface area contributed by atoms with Gasteiger partial charge in [-0.05, 0) is 45.0 Å². The second-order valence-corrected chi connectivity index (χ2v) is 5.36. The summed E-state index contributed by atoms with van der Waals surface area (Å²) in [5.74, 6) is -0.982. The molecule has 1 unspecified atom stereocenters. The van der Waals surface area contributed by atoms with Crippen molar-refractivity contribution in [1.29, 1.82) is 0 Å². The first-order valence-electron chi connectivity index (χ1n) is 8.41. The molecule has 1 aromatic carbocycles. The van der Waals surface area contributed by atoms with Crippen molar-refractivity contribution in [3.63, 3.8) is 0 Å². The Bertz CT molecular complexity index is 642. The molecule has 3 amide bonds. The molecule has 26 heavy (non-hydrogen) atoms. The van der Waals surface area contributed by atoms with Crippen LogP contribution < -0.4 is 15.4 Å². The highest BCUT2D eigenvalue weighted by molar-refractivity contribution is 5.98. The van der Waals surface area contributed by atoms with Gasteiger partial charge in [-0.25, -0.2) is 4.79 Å². The minimum Gasteiger partial charge on any atom is -0.494 e. The van der Waals surface area contributed by atoms with E-state index in [4.69, 9.17) is 9.47 Å². The number of urea groups is 1. The number of rotatable bonds is 9. The molecule has 0 radical (unpaired) electrons. The molecule has 0 saturated carbocycles. The van der Waals surface area contributed by atoms with Crippen molar-refractivity contribution in [3.8, 4) is 5.75 Å². The summed E-state index contributed by atoms with van der Waals surface area (Å²) in [5.41, 5.74) is 0.461. The summed E-state index contributed by atoms with van der Waals surface area (Å²) < 4.78 is 10.2. The minimum atomic E-state index is -1.13. The summed E-state index contributed by atoms with van der Waals surface area (Å²) in [6.45, 7) is 5.81. The van der Waals surface area contributed by atoms with Gasteiger partial charge in [0.2, 0.25) is 0 Å². The second kappa shape index (κ2) is 10.9. The van der Waals surface area contributed by atoms with Gasteiger partial charge in [-0.1, -0.05) is 0 Å². The van der Waals surface area contributed by atoms with Crippen LogP contribution in [0.4, 0.5) is 4.79 Å². The number of benzene rings is 1. The summed E-state index contributed by atoms with van der Waals surface area (Å²) in [7, 11) is 0. The van der Waals surface area contributed by atoms with Crippen LogP contribution in [-0.4, -0.2) is 42.9 Å². The van der Waals surface area contributed by atoms with Gasteiger partial charge in [-0.15, -0.1) is 0 Å². The number of hydrogen-bond donors (Lipinski definition) is 2. The van der Waals surface area contributed by atoms with Crippen LogP contribution >= 0.6 is 0 Å². The number of carbonyl (C=O) groups is 4. The molecule has 0 heterocycles. The fourth-order valence-corrected chi connectivity index (χ4v) is 1.99. The summed E-state index contributed by atoms with van der Waals surface area (Å²) >= 11 is 0. The first-order chi connectivity index (χ1) is 12.4. The molecular formula is C18H24N2O6. The molecule has 142 valence electrons. The summed E-state index contributed by atoms with van der Waals surface area (Å²) in [6, 6.07) is 5.96. The number of ether oxygens (including phenoxy) is 2. The lowest BCUT2D eigenvalue weighted by Gasteiger charge is -2.13. The number of ketones is 1. The van der Waals surface area contributed by atoms with Gasteiger partial charge in [0, 0.05) is 18.5 Å². The number of imide groups is 1. The third-order valence-electron chi connectivity index (χ3n) is 3.29. The maximum absolute atomic E-state index is 12.1. The van der Waals surface area contributed by atoms with Gasteiger partial charge in [-0.2, -0.15) is 0 Å². The quantitative estimate of drug-likeness (QED) is 0.511. The highest BCUT2D eigenvalue weighted by Gasteiger charge is 2.20. The molecule has 8 nitrogen and oxygen atoms in total. The molecule has 0 aliphatic heterocycles. The van der Waals surface area contributed by atoms with Gasteiger partial charge in [0.15, 0.2) is 11.9 Å². The topological polar surface area (TPSA) is 111 Å². The predicted octanol–water partition coefficient (Wildman–Crippen LogP) is 1.83. The normalized spacial score (nSPS) is 11.2. The van der Waals surface area contributed by atoms with Crippen LogP contribution in [0, 0.1) is 0 Å². The van der Waals surface area contributed by atoms with E-state index in [0.717, 1.165) is 0 Å². The Kier molecular flexibility index (Phi) is 8.83. The number of Topliss-reactive ketones (excluding diaryl/α,β-unsaturated/α-hetero) is 1. The van der Waals surface area contributed by atoms with Crippen LogP contribution in [0.2, 0.25) is 0 Å². The molecule has 0 aliphatic rings. The largest absolute Gasteiger partial charge is 0.494 e. The molecule has 0 saturated heterocycles. The summed E-state index contributed by atoms with van der Waals surface area (Å²) in [5, 5.41) is 4.44. The van der Waals surface area contributed by atoms with E-state index in [1.165, 1.54) is 6.92 Å². The van der Waals surface area contributed by atoms with E-state index in [-0.39, 0.29) is 18.6 Å². The molecule has 8 heteroatoms. The van der Waals surface area contributed by atoms with E-state index in [9.17, 15) is 19.2 Å². The predicted molar refractivity (Wildman–Crippen MR) is 93.9 cm³/mol. The Hall–Kier alpha value is -2.90. The second-order valence-electron chi connectivity index (χ2n) is 5.36. The van der Waals surface area contributed by atoms with Crippen molar-refractivity contribution < 1.29 is 28.7 Å². The average molecular weight is 364 g/mol. The third kappa shape index (κ3) is 7.33. The Balaban J connectivity index is 2.41. The smallest absolute Gasteiger partial charge is 0.321 e. The van der Waals surface area contributed by atoms with Crippen molar-refractivity contribution >= 4 is 23.7 Å². The Labute approximate surface area is 152 Å². The van der Waals surface area contributed by atoms with Crippen LogP contribution in [-0.2, 0) is 14.3 Å². The molecular weight excluding hydrogens is 340 g/mol. The van der Waals surface area contributed by atoms with Crippen molar-refractivity contribution in [2.24, 2.45) is 0 Å². The molecule has 0 aromatic heterocycles. The zero-order valence-electron chi connectivity index (χ0n) is 15.2. The molecule has 0 bridgehead atoms. The SMILES string of the molecule is CCNC(=O)NC(=O)C(C)OC(=O)CCC(=O)c1ccc(OCC)cc1. The molecule has 1 rings (SSSR count). The first-order valence-corrected chi connectivity index (χ1v) is 8.41. The van der Waals surface area contributed by atoms with Gasteiger partial charge in [0.25, 0.3) is 5.91 Å². The maximum Gasteiger partial charge on any atom is 0.321 e. The van der Waals surface area contributed by atoms with Crippen LogP contribution in [0.5, 0.6) is 5.75 Å². The fourth-order valence-electron chi connectivity index (χ4n) is 1.99. The summed E-state index contributed by atoms with van der Waals surface area (Å²) in [6.07, 6.45) is -1.34. The van der Waals surface area contributed by atoms with E-state index in [1.54, 1.807) is 31.2 Å². The number of hydrogen-bond acceptors (Lipinski definition) is 6. The molecule has 1 aromatic rings. The highest BCUT2D eigenvalue weighted by atomic mass is 16.5. The maximum atomic E-state index is 12.1. The molecule has 0 spiro atoms. The van der Waals surface area contributed by atoms with Crippen molar-refractivity contribution in [1.82, 2.24) is 10.6 Å². The van der Waals surface area contributed by atoms with Crippen molar-refractivity contribution in [2.75, 3.05) is 13.2 Å². The van der Waals surface area contributed by atoms with Crippen LogP contribution in [0.25, 0.3) is 0 Å². The molecule has 0 aliphatic carbocycles. The summed E-state index contributed by atoms with van der Waals surface area (Å²) in [4.78, 5) is 46.8. The van der Waals surface area contributed by atoms with Gasteiger partial charge < -0.3 is 14.8 Å². The third-order valence-corrected chi connectivity index (χ3v) is 3.29. The minimum absolute atomic E-state index is 0.0442. The Morgan fingerprint density at radius 3 is 2.27 bits per heavy atom. The molecule has 2 N–H and O–H groups in total. The zero-order valence-corrected chi connectivity index (χ0v) is 15.2. The number of esters is 1. The standard InChI is InChI=1S/C18H24N2O6/c1-4-19-18(24)20-17(23)12(3)26-16(22)11-10-15(21)13-6-8-14(9-7-13)25-5-2/h6-9,12H,4-5,10-11H2,1-3H3,(H2,19,20,23,24). The monoisotopic (exact) mass is 364 g/mol. The van der Waals surface area contributed by atoms with E-state index >= 15 is 0 Å². The molecule has 1 atom stereocenters. The molecule has 0 fully saturated rings. The van der Waals surface area contributed by atoms with Crippen LogP contribution in [0.15, 0.2) is 24.3 Å². The average Bonchev–Trinajstić information content (AvgIpc) is 2.60. The first kappa shape index (κ1) is 21.1. The van der Waals surface area contributed by atoms with E-state index < -0.39 is 24.0 Å². The lowest BCUT2D eigenvalue weighted by Crippen LogP contribution is -2.44. The lowest BCUT2D eigenvalue weighted by atomic mass is 10.1. The van der Waals surface area contributed by atoms with E-state index in [1.807, 2.05) is 12.2 Å². The Morgan fingerprint density at radius 1 is 1.04 bits per heavy atom. The van der Waals surface area contributed by atoms with Gasteiger partial charge >= 0.3 is 12.0 Å². The van der Waals surface area contributed by atoms with Crippen LogP contribution in [0.1, 0.15) is 44.0 Å². The number of nitrogens with one attached hydrogen (secondary N) is 2. The number of amides is 3. The zero-order chi connectivity index (χ0) is 19.5. The van der Waals surface area contributed by atoms with E-state index in [0.29, 0.717) is 24.5 Å². The van der Waals surface area contributed by atoms with E-state index in [2.05, 4.69) is 5.32 Å². The Morgan fingerprint density at radius 2 is 1.69 bits per heavy atom.